The maximum absolute atomic E-state index is 6.12. The third-order valence-electron chi connectivity index (χ3n) is 2.21. The highest BCUT2D eigenvalue weighted by Gasteiger charge is 2.17. The fourth-order valence-electron chi connectivity index (χ4n) is 1.53. The average Bonchev–Trinajstić information content (AvgIpc) is 2.54. The normalized spacial score (nSPS) is 13.1. The molecule has 0 aliphatic heterocycles. The fraction of sp³-hybridized carbons (Fsp3) is 0.700. The van der Waals surface area contributed by atoms with Crippen molar-refractivity contribution in [2.75, 3.05) is 18.1 Å². The highest BCUT2D eigenvalue weighted by atomic mass is 35.5. The van der Waals surface area contributed by atoms with Gasteiger partial charge in [-0.2, -0.15) is 16.9 Å². The second-order valence-corrected chi connectivity index (χ2v) is 5.00. The Morgan fingerprint density at radius 3 is 2.80 bits per heavy atom. The second-order valence-electron chi connectivity index (χ2n) is 3.27. The molecule has 0 bridgehead atoms. The second kappa shape index (κ2) is 6.40. The number of rotatable bonds is 6. The van der Waals surface area contributed by atoms with Crippen LogP contribution in [-0.2, 0) is 7.05 Å². The largest absolute Gasteiger partial charge is 0.308 e. The van der Waals surface area contributed by atoms with Crippen molar-refractivity contribution >= 4 is 23.4 Å². The predicted molar refractivity (Wildman–Crippen MR) is 67.6 cm³/mol. The van der Waals surface area contributed by atoms with Gasteiger partial charge in [0.15, 0.2) is 0 Å². The quantitative estimate of drug-likeness (QED) is 0.838. The third kappa shape index (κ3) is 3.40. The molecule has 1 N–H and O–H groups in total. The zero-order valence-electron chi connectivity index (χ0n) is 9.46. The lowest BCUT2D eigenvalue weighted by atomic mass is 10.2. The lowest BCUT2D eigenvalue weighted by molar-refractivity contribution is 0.553. The van der Waals surface area contributed by atoms with Gasteiger partial charge >= 0.3 is 0 Å². The summed E-state index contributed by atoms with van der Waals surface area (Å²) in [6.07, 6.45) is 1.71. The lowest BCUT2D eigenvalue weighted by Gasteiger charge is -2.18. The average molecular weight is 248 g/mol. The molecule has 0 radical (unpaired) electrons. The number of hydrogen-bond donors (Lipinski definition) is 1. The molecule has 0 aliphatic rings. The molecule has 15 heavy (non-hydrogen) atoms. The first-order chi connectivity index (χ1) is 7.20. The van der Waals surface area contributed by atoms with E-state index in [4.69, 9.17) is 11.6 Å². The molecule has 1 heterocycles. The van der Waals surface area contributed by atoms with Crippen LogP contribution in [0.1, 0.15) is 25.6 Å². The Kier molecular flexibility index (Phi) is 5.50. The summed E-state index contributed by atoms with van der Waals surface area (Å²) in [6, 6.07) is 0.292. The van der Waals surface area contributed by atoms with E-state index in [9.17, 15) is 0 Å². The van der Waals surface area contributed by atoms with Gasteiger partial charge in [-0.25, -0.2) is 0 Å². The van der Waals surface area contributed by atoms with Crippen molar-refractivity contribution in [3.05, 3.63) is 16.9 Å². The minimum atomic E-state index is 0.292. The zero-order valence-corrected chi connectivity index (χ0v) is 11.0. The third-order valence-corrected chi connectivity index (χ3v) is 3.48. The molecule has 0 saturated heterocycles. The Morgan fingerprint density at radius 2 is 2.33 bits per heavy atom. The van der Waals surface area contributed by atoms with Crippen molar-refractivity contribution in [2.24, 2.45) is 7.05 Å². The zero-order chi connectivity index (χ0) is 11.3. The van der Waals surface area contributed by atoms with E-state index in [0.717, 1.165) is 28.8 Å². The number of hydrogen-bond acceptors (Lipinski definition) is 3. The number of aromatic nitrogens is 2. The smallest absolute Gasteiger partial charge is 0.0834 e. The lowest BCUT2D eigenvalue weighted by Crippen LogP contribution is -2.25. The Bertz CT molecular complexity index is 281. The van der Waals surface area contributed by atoms with Crippen LogP contribution in [0.25, 0.3) is 0 Å². The molecule has 86 valence electrons. The van der Waals surface area contributed by atoms with E-state index >= 15 is 0 Å². The Balaban J connectivity index is 2.78. The van der Waals surface area contributed by atoms with Gasteiger partial charge in [-0.1, -0.05) is 25.4 Å². The van der Waals surface area contributed by atoms with Crippen LogP contribution in [0.3, 0.4) is 0 Å². The molecule has 0 aliphatic carbocycles. The van der Waals surface area contributed by atoms with E-state index in [-0.39, 0.29) is 0 Å². The molecule has 0 amide bonds. The predicted octanol–water partition coefficient (Wildman–Crippen LogP) is 2.48. The molecule has 1 unspecified atom stereocenters. The summed E-state index contributed by atoms with van der Waals surface area (Å²) in [4.78, 5) is 0. The van der Waals surface area contributed by atoms with E-state index < -0.39 is 0 Å². The van der Waals surface area contributed by atoms with Crippen LogP contribution in [0.4, 0.5) is 0 Å². The summed E-state index contributed by atoms with van der Waals surface area (Å²) < 4.78 is 1.85. The summed E-state index contributed by atoms with van der Waals surface area (Å²) in [5, 5.41) is 8.35. The molecular weight excluding hydrogens is 230 g/mol. The van der Waals surface area contributed by atoms with E-state index in [2.05, 4.69) is 24.3 Å². The van der Waals surface area contributed by atoms with Gasteiger partial charge in [-0.3, -0.25) is 4.68 Å². The van der Waals surface area contributed by atoms with Crippen LogP contribution in [0.2, 0.25) is 5.02 Å². The number of aryl methyl sites for hydroxylation is 1. The first-order valence-corrected chi connectivity index (χ1v) is 6.72. The molecule has 3 nitrogen and oxygen atoms in total. The van der Waals surface area contributed by atoms with Crippen LogP contribution < -0.4 is 5.32 Å². The van der Waals surface area contributed by atoms with E-state index in [0.29, 0.717) is 6.04 Å². The minimum Gasteiger partial charge on any atom is -0.308 e. The molecule has 1 aromatic heterocycles. The van der Waals surface area contributed by atoms with E-state index in [1.54, 1.807) is 6.20 Å². The maximum atomic E-state index is 6.12. The number of nitrogens with one attached hydrogen (secondary N) is 1. The standard InChI is InChI=1S/C10H18ClN3S/c1-4-12-9(7-15-5-2)10-8(11)6-13-14(10)3/h6,9,12H,4-5,7H2,1-3H3. The molecule has 1 rings (SSSR count). The molecule has 1 aromatic rings. The number of halogens is 1. The molecule has 0 aromatic carbocycles. The summed E-state index contributed by atoms with van der Waals surface area (Å²) in [5.74, 6) is 2.15. The van der Waals surface area contributed by atoms with Crippen molar-refractivity contribution in [2.45, 2.75) is 19.9 Å². The van der Waals surface area contributed by atoms with Crippen molar-refractivity contribution in [1.82, 2.24) is 15.1 Å². The minimum absolute atomic E-state index is 0.292. The Morgan fingerprint density at radius 1 is 1.60 bits per heavy atom. The van der Waals surface area contributed by atoms with E-state index in [1.807, 2.05) is 23.5 Å². The van der Waals surface area contributed by atoms with Gasteiger partial charge in [-0.05, 0) is 12.3 Å². The first-order valence-electron chi connectivity index (χ1n) is 5.19. The molecule has 1 atom stereocenters. The van der Waals surface area contributed by atoms with Gasteiger partial charge in [-0.15, -0.1) is 0 Å². The summed E-state index contributed by atoms with van der Waals surface area (Å²) >= 11 is 8.03. The molecule has 0 spiro atoms. The van der Waals surface area contributed by atoms with Crippen LogP contribution in [0.5, 0.6) is 0 Å². The van der Waals surface area contributed by atoms with Gasteiger partial charge in [0, 0.05) is 12.8 Å². The molecule has 0 fully saturated rings. The van der Waals surface area contributed by atoms with E-state index in [1.165, 1.54) is 0 Å². The molecular formula is C10H18ClN3S. The first kappa shape index (κ1) is 12.9. The van der Waals surface area contributed by atoms with Gasteiger partial charge in [0.2, 0.25) is 0 Å². The highest BCUT2D eigenvalue weighted by molar-refractivity contribution is 7.99. The monoisotopic (exact) mass is 247 g/mol. The number of nitrogens with zero attached hydrogens (tertiary/aromatic N) is 2. The maximum Gasteiger partial charge on any atom is 0.0834 e. The van der Waals surface area contributed by atoms with Gasteiger partial charge in [0.05, 0.1) is 23.0 Å². The molecule has 5 heteroatoms. The summed E-state index contributed by atoms with van der Waals surface area (Å²) in [5.41, 5.74) is 1.08. The van der Waals surface area contributed by atoms with Crippen LogP contribution in [0, 0.1) is 0 Å². The summed E-state index contributed by atoms with van der Waals surface area (Å²) in [7, 11) is 1.93. The van der Waals surface area contributed by atoms with Crippen molar-refractivity contribution in [1.29, 1.82) is 0 Å². The van der Waals surface area contributed by atoms with Gasteiger partial charge in [0.1, 0.15) is 0 Å². The number of thioether (sulfide) groups is 1. The Hall–Kier alpha value is -0.190. The highest BCUT2D eigenvalue weighted by Crippen LogP contribution is 2.24. The van der Waals surface area contributed by atoms with Gasteiger partial charge in [0.25, 0.3) is 0 Å². The van der Waals surface area contributed by atoms with Crippen LogP contribution >= 0.6 is 23.4 Å². The van der Waals surface area contributed by atoms with Crippen molar-refractivity contribution in [3.63, 3.8) is 0 Å². The SMILES string of the molecule is CCNC(CSCC)c1c(Cl)cnn1C. The van der Waals surface area contributed by atoms with Crippen LogP contribution in [0.15, 0.2) is 6.20 Å². The Labute approximate surface area is 101 Å². The van der Waals surface area contributed by atoms with Gasteiger partial charge < -0.3 is 5.32 Å². The molecule has 0 saturated carbocycles. The fourth-order valence-corrected chi connectivity index (χ4v) is 2.57. The van der Waals surface area contributed by atoms with Crippen molar-refractivity contribution < 1.29 is 0 Å². The summed E-state index contributed by atoms with van der Waals surface area (Å²) in [6.45, 7) is 5.21. The van der Waals surface area contributed by atoms with Crippen molar-refractivity contribution in [3.8, 4) is 0 Å². The van der Waals surface area contributed by atoms with Crippen LogP contribution in [-0.4, -0.2) is 27.8 Å². The topological polar surface area (TPSA) is 29.9 Å².